The number of fused-ring (bicyclic) bond motifs is 6. The number of nitrogens with zero attached hydrogens (tertiary/aromatic N) is 2. The molecule has 4 aromatic carbocycles. The molecule has 6 rings (SSSR count). The molecule has 0 saturated carbocycles. The number of hydrogen-bond acceptors (Lipinski definition) is 5. The molecule has 2 heterocycles. The molecule has 0 bridgehead atoms. The van der Waals surface area contributed by atoms with Crippen molar-refractivity contribution in [2.75, 3.05) is 29.9 Å². The monoisotopic (exact) mass is 490 g/mol. The van der Waals surface area contributed by atoms with E-state index < -0.39 is 5.60 Å². The fourth-order valence-corrected chi connectivity index (χ4v) is 5.62. The van der Waals surface area contributed by atoms with Gasteiger partial charge in [0.25, 0.3) is 0 Å². The molecule has 5 heteroatoms. The second-order valence-corrected chi connectivity index (χ2v) is 9.59. The highest BCUT2D eigenvalue weighted by Gasteiger charge is 2.53. The molecule has 2 aliphatic rings. The molecule has 1 unspecified atom stereocenters. The van der Waals surface area contributed by atoms with Crippen molar-refractivity contribution in [2.45, 2.75) is 26.0 Å². The van der Waals surface area contributed by atoms with E-state index in [0.29, 0.717) is 17.1 Å². The predicted octanol–water partition coefficient (Wildman–Crippen LogP) is 6.74. The first-order chi connectivity index (χ1) is 18.0. The maximum absolute atomic E-state index is 13.2. The molecule has 0 radical (unpaired) electrons. The van der Waals surface area contributed by atoms with Gasteiger partial charge in [-0.1, -0.05) is 48.5 Å². The van der Waals surface area contributed by atoms with E-state index in [0.717, 1.165) is 47.7 Å². The van der Waals surface area contributed by atoms with Gasteiger partial charge in [0.1, 0.15) is 11.5 Å². The minimum Gasteiger partial charge on any atom is -0.456 e. The molecule has 0 saturated heterocycles. The van der Waals surface area contributed by atoms with Crippen LogP contribution in [0, 0.1) is 0 Å². The summed E-state index contributed by atoms with van der Waals surface area (Å²) in [5.74, 6) is 1.09. The van der Waals surface area contributed by atoms with Gasteiger partial charge in [-0.25, -0.2) is 4.79 Å². The summed E-state index contributed by atoms with van der Waals surface area (Å²) in [6.07, 6.45) is 0. The molecule has 1 spiro atoms. The molecule has 0 fully saturated rings. The molecule has 0 aromatic heterocycles. The third kappa shape index (κ3) is 3.65. The van der Waals surface area contributed by atoms with Crippen molar-refractivity contribution in [3.8, 4) is 11.5 Å². The Hall–Kier alpha value is -4.25. The van der Waals surface area contributed by atoms with Crippen LogP contribution in [-0.2, 0) is 16.9 Å². The van der Waals surface area contributed by atoms with Gasteiger partial charge < -0.3 is 19.3 Å². The Morgan fingerprint density at radius 2 is 1.46 bits per heavy atom. The van der Waals surface area contributed by atoms with Gasteiger partial charge in [0, 0.05) is 60.8 Å². The smallest absolute Gasteiger partial charge is 0.340 e. The summed E-state index contributed by atoms with van der Waals surface area (Å²) in [4.78, 5) is 17.7. The summed E-state index contributed by atoms with van der Waals surface area (Å²) < 4.78 is 12.9. The highest BCUT2D eigenvalue weighted by atomic mass is 16.6. The van der Waals surface area contributed by atoms with E-state index in [1.807, 2.05) is 36.4 Å². The van der Waals surface area contributed by atoms with Crippen LogP contribution >= 0.6 is 0 Å². The Labute approximate surface area is 217 Å². The molecular weight excluding hydrogens is 460 g/mol. The fourth-order valence-electron chi connectivity index (χ4n) is 5.62. The molecule has 0 amide bonds. The van der Waals surface area contributed by atoms with E-state index in [2.05, 4.69) is 85.3 Å². The van der Waals surface area contributed by atoms with Gasteiger partial charge in [0.05, 0.1) is 5.56 Å². The van der Waals surface area contributed by atoms with Crippen molar-refractivity contribution >= 4 is 17.3 Å². The van der Waals surface area contributed by atoms with Gasteiger partial charge in [0.2, 0.25) is 0 Å². The number of anilines is 2. The molecule has 5 nitrogen and oxygen atoms in total. The first-order valence-corrected chi connectivity index (χ1v) is 12.8. The van der Waals surface area contributed by atoms with Crippen molar-refractivity contribution in [3.63, 3.8) is 0 Å². The second kappa shape index (κ2) is 9.00. The largest absolute Gasteiger partial charge is 0.456 e. The lowest BCUT2D eigenvalue weighted by molar-refractivity contribution is 0.0224. The fraction of sp³-hybridized carbons (Fsp3) is 0.219. The van der Waals surface area contributed by atoms with Gasteiger partial charge in [0.15, 0.2) is 5.60 Å². The maximum Gasteiger partial charge on any atom is 0.340 e. The molecule has 4 aromatic rings. The SMILES string of the molecule is CCN(CC)c1ccc2c(c1)C1(OC(=O)c3ccccc31)c1ccc(N(C)Cc3ccccc3)cc1O2. The Morgan fingerprint density at radius 3 is 2.24 bits per heavy atom. The normalized spacial score (nSPS) is 16.9. The van der Waals surface area contributed by atoms with Crippen LogP contribution < -0.4 is 14.5 Å². The Bertz CT molecular complexity index is 1480. The standard InChI is InChI=1S/C32H30N2O3/c1-4-34(5-2)24-16-18-29-28(19-24)32(26-14-10-9-13-25(26)31(35)37-32)27-17-15-23(20-30(27)36-29)33(3)21-22-11-7-6-8-12-22/h6-20H,4-5,21H2,1-3H3. The summed E-state index contributed by atoms with van der Waals surface area (Å²) in [5, 5.41) is 0. The zero-order valence-electron chi connectivity index (χ0n) is 21.4. The van der Waals surface area contributed by atoms with Crippen LogP contribution in [0.5, 0.6) is 11.5 Å². The third-order valence-electron chi connectivity index (χ3n) is 7.51. The first-order valence-electron chi connectivity index (χ1n) is 12.8. The molecule has 37 heavy (non-hydrogen) atoms. The quantitative estimate of drug-likeness (QED) is 0.280. The maximum atomic E-state index is 13.2. The first kappa shape index (κ1) is 23.2. The molecule has 1 atom stereocenters. The van der Waals surface area contributed by atoms with Crippen LogP contribution in [0.1, 0.15) is 46.5 Å². The van der Waals surface area contributed by atoms with Crippen LogP contribution in [-0.4, -0.2) is 26.1 Å². The highest BCUT2D eigenvalue weighted by Crippen LogP contribution is 2.57. The minimum atomic E-state index is -1.06. The van der Waals surface area contributed by atoms with Gasteiger partial charge in [-0.05, 0) is 55.8 Å². The van der Waals surface area contributed by atoms with Crippen molar-refractivity contribution < 1.29 is 14.3 Å². The molecule has 186 valence electrons. The minimum absolute atomic E-state index is 0.312. The van der Waals surface area contributed by atoms with Crippen molar-refractivity contribution in [1.82, 2.24) is 0 Å². The van der Waals surface area contributed by atoms with Gasteiger partial charge in [-0.3, -0.25) is 0 Å². The van der Waals surface area contributed by atoms with Crippen LogP contribution in [0.2, 0.25) is 0 Å². The van der Waals surface area contributed by atoms with Crippen molar-refractivity contribution in [3.05, 3.63) is 119 Å². The molecular formula is C32H30N2O3. The molecule has 2 aliphatic heterocycles. The van der Waals surface area contributed by atoms with E-state index in [4.69, 9.17) is 9.47 Å². The summed E-state index contributed by atoms with van der Waals surface area (Å²) in [7, 11) is 2.07. The topological polar surface area (TPSA) is 42.0 Å². The number of esters is 1. The van der Waals surface area contributed by atoms with E-state index in [9.17, 15) is 4.79 Å². The third-order valence-corrected chi connectivity index (χ3v) is 7.51. The number of carbonyl (C=O) groups excluding carboxylic acids is 1. The van der Waals surface area contributed by atoms with Crippen LogP contribution in [0.3, 0.4) is 0 Å². The summed E-state index contributed by atoms with van der Waals surface area (Å²) >= 11 is 0. The van der Waals surface area contributed by atoms with Crippen molar-refractivity contribution in [2.24, 2.45) is 0 Å². The summed E-state index contributed by atoms with van der Waals surface area (Å²) in [6, 6.07) is 30.5. The van der Waals surface area contributed by atoms with Crippen LogP contribution in [0.15, 0.2) is 91.0 Å². The second-order valence-electron chi connectivity index (χ2n) is 9.59. The van der Waals surface area contributed by atoms with E-state index in [-0.39, 0.29) is 5.97 Å². The van der Waals surface area contributed by atoms with Crippen LogP contribution in [0.4, 0.5) is 11.4 Å². The number of carbonyl (C=O) groups is 1. The lowest BCUT2D eigenvalue weighted by Gasteiger charge is -2.38. The van der Waals surface area contributed by atoms with E-state index >= 15 is 0 Å². The molecule has 0 aliphatic carbocycles. The highest BCUT2D eigenvalue weighted by molar-refractivity contribution is 5.97. The summed E-state index contributed by atoms with van der Waals surface area (Å²) in [5.41, 5.74) is 5.42. The van der Waals surface area contributed by atoms with Gasteiger partial charge >= 0.3 is 5.97 Å². The van der Waals surface area contributed by atoms with Gasteiger partial charge in [-0.2, -0.15) is 0 Å². The lowest BCUT2D eigenvalue weighted by atomic mass is 9.77. The van der Waals surface area contributed by atoms with E-state index in [1.165, 1.54) is 5.56 Å². The number of rotatable bonds is 6. The zero-order valence-corrected chi connectivity index (χ0v) is 21.4. The van der Waals surface area contributed by atoms with Gasteiger partial charge in [-0.15, -0.1) is 0 Å². The summed E-state index contributed by atoms with van der Waals surface area (Å²) in [6.45, 7) is 6.82. The predicted molar refractivity (Wildman–Crippen MR) is 147 cm³/mol. The average Bonchev–Trinajstić information content (AvgIpc) is 3.23. The van der Waals surface area contributed by atoms with Crippen molar-refractivity contribution in [1.29, 1.82) is 0 Å². The lowest BCUT2D eigenvalue weighted by Crippen LogP contribution is -2.33. The Balaban J connectivity index is 1.51. The Kier molecular flexibility index (Phi) is 5.64. The van der Waals surface area contributed by atoms with E-state index in [1.54, 1.807) is 0 Å². The average molecular weight is 491 g/mol. The number of benzene rings is 4. The van der Waals surface area contributed by atoms with Crippen LogP contribution in [0.25, 0.3) is 0 Å². The Morgan fingerprint density at radius 1 is 0.730 bits per heavy atom. The zero-order chi connectivity index (χ0) is 25.6. The number of hydrogen-bond donors (Lipinski definition) is 0. The number of ether oxygens (including phenoxy) is 2. The molecule has 0 N–H and O–H groups in total.